The lowest BCUT2D eigenvalue weighted by Crippen LogP contribution is -2.41. The van der Waals surface area contributed by atoms with Crippen molar-refractivity contribution in [2.45, 2.75) is 18.4 Å². The van der Waals surface area contributed by atoms with E-state index in [1.165, 1.54) is 24.3 Å². The minimum absolute atomic E-state index is 0.0534. The van der Waals surface area contributed by atoms with Gasteiger partial charge in [0.2, 0.25) is 5.91 Å². The average Bonchev–Trinajstić information content (AvgIpc) is 2.77. The molecule has 0 atom stereocenters. The number of carbonyl (C=O) groups is 1. The molecule has 3 aromatic carbocycles. The van der Waals surface area contributed by atoms with Crippen LogP contribution in [0.1, 0.15) is 11.1 Å². The van der Waals surface area contributed by atoms with Crippen molar-refractivity contribution >= 4 is 33.2 Å². The van der Waals surface area contributed by atoms with Crippen LogP contribution in [0, 0.1) is 6.92 Å². The van der Waals surface area contributed by atoms with E-state index in [0.717, 1.165) is 15.4 Å². The van der Waals surface area contributed by atoms with Crippen LogP contribution < -0.4 is 14.4 Å². The number of methoxy groups -OCH3 is 1. The zero-order chi connectivity index (χ0) is 22.4. The predicted molar refractivity (Wildman–Crippen MR) is 122 cm³/mol. The topological polar surface area (TPSA) is 75.7 Å². The van der Waals surface area contributed by atoms with Crippen LogP contribution in [-0.2, 0) is 21.4 Å². The highest BCUT2D eigenvalue weighted by Crippen LogP contribution is 2.27. The van der Waals surface area contributed by atoms with E-state index in [2.05, 4.69) is 5.32 Å². The monoisotopic (exact) mass is 458 g/mol. The zero-order valence-corrected chi connectivity index (χ0v) is 18.8. The Balaban J connectivity index is 1.88. The van der Waals surface area contributed by atoms with Crippen LogP contribution in [0.4, 0.5) is 5.69 Å². The zero-order valence-electron chi connectivity index (χ0n) is 17.2. The Morgan fingerprint density at radius 2 is 1.65 bits per heavy atom. The number of hydrogen-bond acceptors (Lipinski definition) is 4. The Hall–Kier alpha value is -3.03. The Labute approximate surface area is 187 Å². The SMILES string of the molecule is COc1ccccc1CNC(=O)CN(c1ccccc1C)S(=O)(=O)c1ccc(Cl)cc1. The van der Waals surface area contributed by atoms with Gasteiger partial charge in [0.15, 0.2) is 0 Å². The van der Waals surface area contributed by atoms with Crippen molar-refractivity contribution in [3.63, 3.8) is 0 Å². The van der Waals surface area contributed by atoms with E-state index in [4.69, 9.17) is 16.3 Å². The molecule has 0 heterocycles. The van der Waals surface area contributed by atoms with E-state index >= 15 is 0 Å². The molecule has 0 saturated heterocycles. The molecule has 31 heavy (non-hydrogen) atoms. The maximum Gasteiger partial charge on any atom is 0.264 e. The number of halogens is 1. The van der Waals surface area contributed by atoms with Crippen molar-refractivity contribution in [1.82, 2.24) is 5.32 Å². The molecule has 1 amide bonds. The molecule has 6 nitrogen and oxygen atoms in total. The van der Waals surface area contributed by atoms with E-state index in [0.29, 0.717) is 16.5 Å². The van der Waals surface area contributed by atoms with Gasteiger partial charge in [-0.1, -0.05) is 48.0 Å². The van der Waals surface area contributed by atoms with Gasteiger partial charge in [-0.25, -0.2) is 8.42 Å². The van der Waals surface area contributed by atoms with Crippen LogP contribution in [0.25, 0.3) is 0 Å². The Morgan fingerprint density at radius 1 is 1.00 bits per heavy atom. The number of sulfonamides is 1. The Bertz CT molecular complexity index is 1160. The maximum atomic E-state index is 13.4. The first kappa shape index (κ1) is 22.7. The number of ether oxygens (including phenoxy) is 1. The van der Waals surface area contributed by atoms with Crippen LogP contribution >= 0.6 is 11.6 Å². The molecule has 0 aliphatic rings. The molecule has 8 heteroatoms. The Morgan fingerprint density at radius 3 is 2.32 bits per heavy atom. The first-order chi connectivity index (χ1) is 14.8. The molecule has 162 valence electrons. The molecule has 0 bridgehead atoms. The highest BCUT2D eigenvalue weighted by Gasteiger charge is 2.28. The first-order valence-electron chi connectivity index (χ1n) is 9.55. The maximum absolute atomic E-state index is 13.4. The third-order valence-electron chi connectivity index (χ3n) is 4.74. The lowest BCUT2D eigenvalue weighted by molar-refractivity contribution is -0.119. The molecule has 0 fully saturated rings. The molecular weight excluding hydrogens is 436 g/mol. The van der Waals surface area contributed by atoms with Gasteiger partial charge in [-0.3, -0.25) is 9.10 Å². The normalized spacial score (nSPS) is 11.1. The number of aryl methyl sites for hydroxylation is 1. The lowest BCUT2D eigenvalue weighted by Gasteiger charge is -2.25. The van der Waals surface area contributed by atoms with Gasteiger partial charge < -0.3 is 10.1 Å². The van der Waals surface area contributed by atoms with Crippen LogP contribution in [0.2, 0.25) is 5.02 Å². The summed E-state index contributed by atoms with van der Waals surface area (Å²) >= 11 is 5.91. The molecule has 0 spiro atoms. The van der Waals surface area contributed by atoms with Gasteiger partial charge >= 0.3 is 0 Å². The summed E-state index contributed by atoms with van der Waals surface area (Å²) < 4.78 is 33.2. The van der Waals surface area contributed by atoms with E-state index in [-0.39, 0.29) is 18.0 Å². The predicted octanol–water partition coefficient (Wildman–Crippen LogP) is 4.17. The van der Waals surface area contributed by atoms with Crippen molar-refractivity contribution in [2.24, 2.45) is 0 Å². The molecule has 3 rings (SSSR count). The molecule has 0 aromatic heterocycles. The summed E-state index contributed by atoms with van der Waals surface area (Å²) in [5, 5.41) is 3.21. The van der Waals surface area contributed by atoms with Crippen molar-refractivity contribution in [3.05, 3.63) is 88.9 Å². The molecule has 0 radical (unpaired) electrons. The number of carbonyl (C=O) groups excluding carboxylic acids is 1. The van der Waals surface area contributed by atoms with Gasteiger partial charge in [-0.05, 0) is 48.9 Å². The Kier molecular flexibility index (Phi) is 7.20. The second kappa shape index (κ2) is 9.85. The van der Waals surface area contributed by atoms with Crippen molar-refractivity contribution in [3.8, 4) is 5.75 Å². The third kappa shape index (κ3) is 5.37. The van der Waals surface area contributed by atoms with Crippen LogP contribution in [0.3, 0.4) is 0 Å². The summed E-state index contributed by atoms with van der Waals surface area (Å²) in [6.07, 6.45) is 0. The van der Waals surface area contributed by atoms with Gasteiger partial charge in [0.05, 0.1) is 17.7 Å². The van der Waals surface area contributed by atoms with Gasteiger partial charge in [-0.15, -0.1) is 0 Å². The number of nitrogens with zero attached hydrogens (tertiary/aromatic N) is 1. The van der Waals surface area contributed by atoms with Gasteiger partial charge in [0, 0.05) is 17.1 Å². The van der Waals surface area contributed by atoms with Crippen LogP contribution in [-0.4, -0.2) is 28.0 Å². The van der Waals surface area contributed by atoms with E-state index in [1.807, 2.05) is 24.3 Å². The number of amides is 1. The molecular formula is C23H23ClN2O4S. The molecule has 3 aromatic rings. The quantitative estimate of drug-likeness (QED) is 0.549. The molecule has 1 N–H and O–H groups in total. The number of anilines is 1. The summed E-state index contributed by atoms with van der Waals surface area (Å²) in [5.41, 5.74) is 1.96. The standard InChI is InChI=1S/C23H23ClN2O4S/c1-17-7-3-5-9-21(17)26(31(28,29)20-13-11-19(24)12-14-20)16-23(27)25-15-18-8-4-6-10-22(18)30-2/h3-14H,15-16H2,1-2H3,(H,25,27). The van der Waals surface area contributed by atoms with Crippen LogP contribution in [0.15, 0.2) is 77.7 Å². The van der Waals surface area contributed by atoms with Gasteiger partial charge in [0.1, 0.15) is 12.3 Å². The summed E-state index contributed by atoms with van der Waals surface area (Å²) in [7, 11) is -2.44. The lowest BCUT2D eigenvalue weighted by atomic mass is 10.2. The second-order valence-electron chi connectivity index (χ2n) is 6.84. The molecule has 0 aliphatic carbocycles. The molecule has 0 unspecified atom stereocenters. The van der Waals surface area contributed by atoms with E-state index in [1.54, 1.807) is 38.3 Å². The van der Waals surface area contributed by atoms with Crippen LogP contribution in [0.5, 0.6) is 5.75 Å². The fourth-order valence-electron chi connectivity index (χ4n) is 3.11. The second-order valence-corrected chi connectivity index (χ2v) is 9.14. The fraction of sp³-hybridized carbons (Fsp3) is 0.174. The van der Waals surface area contributed by atoms with Crippen molar-refractivity contribution in [1.29, 1.82) is 0 Å². The van der Waals surface area contributed by atoms with Crippen molar-refractivity contribution in [2.75, 3.05) is 18.0 Å². The largest absolute Gasteiger partial charge is 0.496 e. The summed E-state index contributed by atoms with van der Waals surface area (Å²) in [5.74, 6) is 0.207. The molecule has 0 aliphatic heterocycles. The minimum Gasteiger partial charge on any atom is -0.496 e. The van der Waals surface area contributed by atoms with Gasteiger partial charge in [-0.2, -0.15) is 0 Å². The van der Waals surface area contributed by atoms with E-state index < -0.39 is 15.9 Å². The molecule has 0 saturated carbocycles. The summed E-state index contributed by atoms with van der Waals surface area (Å²) in [6.45, 7) is 1.64. The highest BCUT2D eigenvalue weighted by molar-refractivity contribution is 7.92. The van der Waals surface area contributed by atoms with Gasteiger partial charge in [0.25, 0.3) is 10.0 Å². The average molecular weight is 459 g/mol. The smallest absolute Gasteiger partial charge is 0.264 e. The third-order valence-corrected chi connectivity index (χ3v) is 6.77. The van der Waals surface area contributed by atoms with Crippen molar-refractivity contribution < 1.29 is 17.9 Å². The number of rotatable bonds is 8. The number of para-hydroxylation sites is 2. The summed E-state index contributed by atoms with van der Waals surface area (Å²) in [4.78, 5) is 12.8. The fourth-order valence-corrected chi connectivity index (χ4v) is 4.72. The highest BCUT2D eigenvalue weighted by atomic mass is 35.5. The number of benzene rings is 3. The minimum atomic E-state index is -4.00. The summed E-state index contributed by atoms with van der Waals surface area (Å²) in [6, 6.07) is 20.2. The number of nitrogens with one attached hydrogen (secondary N) is 1. The number of hydrogen-bond donors (Lipinski definition) is 1. The first-order valence-corrected chi connectivity index (χ1v) is 11.4. The van der Waals surface area contributed by atoms with E-state index in [9.17, 15) is 13.2 Å².